The monoisotopic (exact) mass is 760 g/mol. The molecule has 7 aromatic carbocycles. The summed E-state index contributed by atoms with van der Waals surface area (Å²) in [5.74, 6) is 1.05. The first-order valence-corrected chi connectivity index (χ1v) is 21.3. The number of fused-ring (bicyclic) bond motifs is 3. The molecular formula is C59H52. The Morgan fingerprint density at radius 2 is 1.14 bits per heavy atom. The number of hydrogen-bond acceptors (Lipinski definition) is 0. The lowest BCUT2D eigenvalue weighted by Crippen LogP contribution is -2.17. The second-order valence-electron chi connectivity index (χ2n) is 17.2. The molecule has 0 spiro atoms. The molecule has 0 amide bonds. The van der Waals surface area contributed by atoms with E-state index in [-0.39, 0.29) is 5.41 Å². The third-order valence-corrected chi connectivity index (χ3v) is 13.1. The Bertz CT molecular complexity index is 2730. The van der Waals surface area contributed by atoms with Gasteiger partial charge in [0.25, 0.3) is 0 Å². The van der Waals surface area contributed by atoms with E-state index in [1.165, 1.54) is 77.9 Å². The van der Waals surface area contributed by atoms with E-state index in [2.05, 4.69) is 215 Å². The summed E-state index contributed by atoms with van der Waals surface area (Å²) in [6.07, 6.45) is 9.06. The second-order valence-corrected chi connectivity index (χ2v) is 17.2. The fraction of sp³-hybridized carbons (Fsp3) is 0.186. The largest absolute Gasteiger partial charge is 0.0702 e. The van der Waals surface area contributed by atoms with Crippen LogP contribution in [0.1, 0.15) is 101 Å². The van der Waals surface area contributed by atoms with Crippen LogP contribution in [0.2, 0.25) is 0 Å². The van der Waals surface area contributed by atoms with E-state index in [9.17, 15) is 0 Å². The van der Waals surface area contributed by atoms with E-state index in [0.717, 1.165) is 24.8 Å². The van der Waals surface area contributed by atoms with Crippen molar-refractivity contribution in [2.75, 3.05) is 0 Å². The van der Waals surface area contributed by atoms with Crippen molar-refractivity contribution >= 4 is 5.57 Å². The summed E-state index contributed by atoms with van der Waals surface area (Å²) < 4.78 is 0. The highest BCUT2D eigenvalue weighted by Crippen LogP contribution is 2.50. The van der Waals surface area contributed by atoms with Gasteiger partial charge in [-0.3, -0.25) is 0 Å². The topological polar surface area (TPSA) is 0 Å². The summed E-state index contributed by atoms with van der Waals surface area (Å²) >= 11 is 0. The predicted octanol–water partition coefficient (Wildman–Crippen LogP) is 15.1. The van der Waals surface area contributed by atoms with E-state index in [1.807, 2.05) is 12.2 Å². The van der Waals surface area contributed by atoms with Gasteiger partial charge in [0.15, 0.2) is 0 Å². The van der Waals surface area contributed by atoms with Gasteiger partial charge in [0, 0.05) is 11.3 Å². The van der Waals surface area contributed by atoms with Gasteiger partial charge in [-0.1, -0.05) is 208 Å². The number of aryl methyl sites for hydroxylation is 2. The van der Waals surface area contributed by atoms with Crippen molar-refractivity contribution in [2.45, 2.75) is 70.1 Å². The van der Waals surface area contributed by atoms with Crippen LogP contribution in [0.25, 0.3) is 27.8 Å². The average Bonchev–Trinajstić information content (AvgIpc) is 3.51. The van der Waals surface area contributed by atoms with Gasteiger partial charge in [0.1, 0.15) is 0 Å². The molecule has 0 nitrogen and oxygen atoms in total. The summed E-state index contributed by atoms with van der Waals surface area (Å²) in [4.78, 5) is 0. The maximum atomic E-state index is 3.07. The van der Waals surface area contributed by atoms with Crippen LogP contribution >= 0.6 is 0 Å². The first kappa shape index (κ1) is 38.1. The van der Waals surface area contributed by atoms with Crippen molar-refractivity contribution in [1.29, 1.82) is 0 Å². The van der Waals surface area contributed by atoms with Gasteiger partial charge in [0.2, 0.25) is 0 Å². The van der Waals surface area contributed by atoms with Crippen LogP contribution in [0.4, 0.5) is 0 Å². The maximum absolute atomic E-state index is 3.07. The molecule has 2 aliphatic carbocycles. The third kappa shape index (κ3) is 7.91. The quantitative estimate of drug-likeness (QED) is 0.109. The summed E-state index contributed by atoms with van der Waals surface area (Å²) in [5, 5.41) is 0. The van der Waals surface area contributed by atoms with E-state index in [0.29, 0.717) is 17.8 Å². The highest BCUT2D eigenvalue weighted by Gasteiger charge is 2.36. The standard InChI is InChI=1S/C59H52/c1-41-15-14-22-52(37-41)56(38-43-16-8-5-9-17-43)42(2)51-33-36-55-54-35-24-44(39-57(54)59(3,4)58(55)40-51)23-34-53(49-20-12-7-13-21-49)50-31-29-48(30-32-50)47-27-25-46(26-28-47)45-18-10-6-11-19-45/h5,7-10,12-22,24-33,35-37,39-40,42,53,56H,23,34,38H2,1-4H3/t42?,53?,56-/m1/s1. The van der Waals surface area contributed by atoms with Gasteiger partial charge in [0.05, 0.1) is 0 Å². The lowest BCUT2D eigenvalue weighted by molar-refractivity contribution is 0.569. The van der Waals surface area contributed by atoms with E-state index in [4.69, 9.17) is 0 Å². The van der Waals surface area contributed by atoms with Gasteiger partial charge in [-0.2, -0.15) is 0 Å². The summed E-state index contributed by atoms with van der Waals surface area (Å²) in [5.41, 5.74) is 26.2. The normalized spacial score (nSPS) is 14.9. The Hall–Kier alpha value is -6.42. The third-order valence-electron chi connectivity index (χ3n) is 13.1. The molecule has 2 unspecified atom stereocenters. The van der Waals surface area contributed by atoms with Crippen molar-refractivity contribution in [2.24, 2.45) is 0 Å². The van der Waals surface area contributed by atoms with E-state index in [1.54, 1.807) is 0 Å². The Balaban J connectivity index is 0.948. The molecule has 0 radical (unpaired) electrons. The van der Waals surface area contributed by atoms with Crippen molar-refractivity contribution in [3.05, 3.63) is 255 Å². The van der Waals surface area contributed by atoms with Crippen LogP contribution in [0.3, 0.4) is 0 Å². The SMILES string of the molecule is Cc1cccc([C@H](Cc2ccccc2)C(C)c2ccc3c(c2)C(C)(C)c2cc(CCC(c4ccccc4)c4ccc(-c5ccc(C6=CC=C=C=C6)cc5)cc4)ccc2-3)c1. The first-order valence-electron chi connectivity index (χ1n) is 21.3. The van der Waals surface area contributed by atoms with E-state index < -0.39 is 0 Å². The summed E-state index contributed by atoms with van der Waals surface area (Å²) in [6, 6.07) is 64.0. The second kappa shape index (κ2) is 16.4. The van der Waals surface area contributed by atoms with Crippen LogP contribution in [0, 0.1) is 6.92 Å². The lowest BCUT2D eigenvalue weighted by atomic mass is 9.76. The number of benzene rings is 7. The average molecular weight is 761 g/mol. The fourth-order valence-electron chi connectivity index (χ4n) is 9.64. The molecule has 0 saturated heterocycles. The van der Waals surface area contributed by atoms with Gasteiger partial charge >= 0.3 is 0 Å². The first-order chi connectivity index (χ1) is 28.8. The molecule has 59 heavy (non-hydrogen) atoms. The molecule has 0 heterocycles. The molecular weight excluding hydrogens is 709 g/mol. The van der Waals surface area contributed by atoms with Crippen molar-refractivity contribution < 1.29 is 0 Å². The zero-order valence-corrected chi connectivity index (χ0v) is 34.8. The van der Waals surface area contributed by atoms with Gasteiger partial charge in [-0.05, 0) is 134 Å². The smallest absolute Gasteiger partial charge is 0.0159 e. The summed E-state index contributed by atoms with van der Waals surface area (Å²) in [6.45, 7) is 9.50. The van der Waals surface area contributed by atoms with Crippen molar-refractivity contribution in [1.82, 2.24) is 0 Å². The molecule has 9 rings (SSSR count). The van der Waals surface area contributed by atoms with Crippen LogP contribution in [0.15, 0.2) is 200 Å². The lowest BCUT2D eigenvalue weighted by Gasteiger charge is -2.28. The Kier molecular flexibility index (Phi) is 10.6. The number of allylic oxidation sites excluding steroid dienone is 4. The minimum absolute atomic E-state index is 0.0837. The number of rotatable bonds is 12. The minimum atomic E-state index is -0.0837. The van der Waals surface area contributed by atoms with Crippen molar-refractivity contribution in [3.8, 4) is 22.3 Å². The Morgan fingerprint density at radius 1 is 0.525 bits per heavy atom. The zero-order valence-electron chi connectivity index (χ0n) is 34.8. The molecule has 0 aliphatic heterocycles. The Morgan fingerprint density at radius 3 is 1.83 bits per heavy atom. The molecule has 0 fully saturated rings. The highest BCUT2D eigenvalue weighted by atomic mass is 14.4. The van der Waals surface area contributed by atoms with Gasteiger partial charge in [-0.15, -0.1) is 0 Å². The van der Waals surface area contributed by atoms with E-state index >= 15 is 0 Å². The highest BCUT2D eigenvalue weighted by molar-refractivity contribution is 5.81. The predicted molar refractivity (Wildman–Crippen MR) is 249 cm³/mol. The Labute approximate surface area is 351 Å². The number of hydrogen-bond donors (Lipinski definition) is 0. The minimum Gasteiger partial charge on any atom is -0.0702 e. The molecule has 3 atom stereocenters. The molecule has 0 heteroatoms. The molecule has 288 valence electrons. The molecule has 0 aromatic heterocycles. The van der Waals surface area contributed by atoms with Crippen molar-refractivity contribution in [3.63, 3.8) is 0 Å². The molecule has 2 aliphatic rings. The molecule has 0 N–H and O–H groups in total. The fourth-order valence-corrected chi connectivity index (χ4v) is 9.64. The molecule has 7 aromatic rings. The molecule has 0 saturated carbocycles. The zero-order chi connectivity index (χ0) is 40.3. The van der Waals surface area contributed by atoms with Gasteiger partial charge in [-0.25, -0.2) is 0 Å². The van der Waals surface area contributed by atoms with Crippen LogP contribution in [0.5, 0.6) is 0 Å². The maximum Gasteiger partial charge on any atom is 0.0159 e. The summed E-state index contributed by atoms with van der Waals surface area (Å²) in [7, 11) is 0. The van der Waals surface area contributed by atoms with Crippen LogP contribution < -0.4 is 0 Å². The van der Waals surface area contributed by atoms with Crippen LogP contribution in [-0.4, -0.2) is 0 Å². The molecule has 0 bridgehead atoms. The van der Waals surface area contributed by atoms with Crippen LogP contribution in [-0.2, 0) is 18.3 Å². The van der Waals surface area contributed by atoms with Gasteiger partial charge < -0.3 is 0 Å².